The van der Waals surface area contributed by atoms with Crippen molar-refractivity contribution in [2.24, 2.45) is 5.41 Å². The van der Waals surface area contributed by atoms with E-state index >= 15 is 4.39 Å². The van der Waals surface area contributed by atoms with Crippen molar-refractivity contribution in [1.29, 1.82) is 0 Å². The van der Waals surface area contributed by atoms with E-state index in [9.17, 15) is 49.1 Å². The van der Waals surface area contributed by atoms with Gasteiger partial charge in [0.15, 0.2) is 5.78 Å². The normalized spacial score (nSPS) is 16.4. The van der Waals surface area contributed by atoms with Crippen molar-refractivity contribution in [3.05, 3.63) is 74.8 Å². The number of allylic oxidation sites excluding steroid dienone is 1. The Morgan fingerprint density at radius 1 is 0.976 bits per heavy atom. The van der Waals surface area contributed by atoms with Crippen molar-refractivity contribution in [3.8, 4) is 0 Å². The SMILES string of the molecule is Cc1cc(C(/C=C(\F)c2ccc(C(=O)CC3(C(=O)NCC(F)(F)F)CC3)c(C(F)(F)F)c2)C(F)(F)F)cc(C)c1Cl. The number of carbonyl (C=O) groups excluding carboxylic acids is 2. The molecule has 1 fully saturated rings. The lowest BCUT2D eigenvalue weighted by atomic mass is 9.90. The molecule has 0 spiro atoms. The van der Waals surface area contributed by atoms with E-state index in [1.165, 1.54) is 13.8 Å². The van der Waals surface area contributed by atoms with Crippen molar-refractivity contribution in [2.75, 3.05) is 6.54 Å². The van der Waals surface area contributed by atoms with Crippen LogP contribution in [-0.2, 0) is 11.0 Å². The molecule has 0 bridgehead atoms. The summed E-state index contributed by atoms with van der Waals surface area (Å²) in [5, 5.41) is 1.80. The minimum Gasteiger partial charge on any atom is -0.346 e. The molecule has 0 saturated heterocycles. The number of Topliss-reactive ketones (excluding diaryl/α,β-unsaturated/α-hetero) is 1. The summed E-state index contributed by atoms with van der Waals surface area (Å²) in [4.78, 5) is 25.0. The van der Waals surface area contributed by atoms with Crippen LogP contribution >= 0.6 is 11.6 Å². The second-order valence-corrected chi connectivity index (χ2v) is 10.3. The molecular formula is C27H22ClF10NO2. The first-order valence-electron chi connectivity index (χ1n) is 12.0. The maximum atomic E-state index is 15.1. The number of halogens is 11. The van der Waals surface area contributed by atoms with Crippen molar-refractivity contribution >= 4 is 29.1 Å². The van der Waals surface area contributed by atoms with E-state index in [4.69, 9.17) is 11.6 Å². The Kier molecular flexibility index (Phi) is 8.93. The lowest BCUT2D eigenvalue weighted by Gasteiger charge is -2.20. The van der Waals surface area contributed by atoms with Crippen LogP contribution < -0.4 is 5.32 Å². The lowest BCUT2D eigenvalue weighted by Crippen LogP contribution is -2.39. The Morgan fingerprint density at radius 3 is 2.00 bits per heavy atom. The van der Waals surface area contributed by atoms with Crippen LogP contribution in [0.3, 0.4) is 0 Å². The summed E-state index contributed by atoms with van der Waals surface area (Å²) in [6.07, 6.45) is -15.8. The van der Waals surface area contributed by atoms with Gasteiger partial charge in [0.05, 0.1) is 11.0 Å². The Morgan fingerprint density at radius 2 is 1.54 bits per heavy atom. The van der Waals surface area contributed by atoms with Crippen LogP contribution in [0.4, 0.5) is 43.9 Å². The minimum absolute atomic E-state index is 0.0400. The Balaban J connectivity index is 1.96. The molecule has 0 aliphatic heterocycles. The average molecular weight is 618 g/mol. The zero-order valence-corrected chi connectivity index (χ0v) is 22.1. The summed E-state index contributed by atoms with van der Waals surface area (Å²) < 4.78 is 136. The fraction of sp³-hybridized carbons (Fsp3) is 0.407. The lowest BCUT2D eigenvalue weighted by molar-refractivity contribution is -0.141. The molecule has 0 heterocycles. The van der Waals surface area contributed by atoms with Gasteiger partial charge in [-0.1, -0.05) is 35.9 Å². The van der Waals surface area contributed by atoms with Gasteiger partial charge < -0.3 is 5.32 Å². The Labute approximate surface area is 232 Å². The molecule has 1 N–H and O–H groups in total. The molecule has 1 atom stereocenters. The minimum atomic E-state index is -5.26. The van der Waals surface area contributed by atoms with E-state index in [0.717, 1.165) is 12.1 Å². The number of ketones is 1. The summed E-state index contributed by atoms with van der Waals surface area (Å²) in [6, 6.07) is 3.59. The highest BCUT2D eigenvalue weighted by molar-refractivity contribution is 6.32. The number of nitrogens with one attached hydrogen (secondary N) is 1. The number of aryl methyl sites for hydroxylation is 2. The maximum absolute atomic E-state index is 15.1. The Hall–Kier alpha value is -3.09. The van der Waals surface area contributed by atoms with Crippen LogP contribution in [0, 0.1) is 19.3 Å². The molecular weight excluding hydrogens is 596 g/mol. The highest BCUT2D eigenvalue weighted by atomic mass is 35.5. The van der Waals surface area contributed by atoms with Gasteiger partial charge in [0, 0.05) is 22.6 Å². The standard InChI is InChI=1S/C27H22ClF10NO2/c1-13-7-16(8-14(2)22(13)28)18(26(33,34)35)10-20(29)15-3-4-17(19(9-15)27(36,37)38)21(40)11-24(5-6-24)23(41)39-12-25(30,31)32/h3-4,7-10,18H,5-6,11-12H2,1-2H3,(H,39,41)/b20-10-. The molecule has 2 aromatic carbocycles. The summed E-state index contributed by atoms with van der Waals surface area (Å²) in [6.45, 7) is 1.18. The van der Waals surface area contributed by atoms with E-state index in [2.05, 4.69) is 0 Å². The first-order valence-corrected chi connectivity index (χ1v) is 12.3. The van der Waals surface area contributed by atoms with Crippen molar-refractivity contribution in [2.45, 2.75) is 57.6 Å². The zero-order chi connectivity index (χ0) is 31.1. The van der Waals surface area contributed by atoms with Crippen LogP contribution in [0.1, 0.15) is 63.4 Å². The Bertz CT molecular complexity index is 1350. The van der Waals surface area contributed by atoms with Crippen LogP contribution in [0.5, 0.6) is 0 Å². The third-order valence-corrected chi connectivity index (χ3v) is 7.26. The quantitative estimate of drug-likeness (QED) is 0.238. The number of hydrogen-bond donors (Lipinski definition) is 1. The van der Waals surface area contributed by atoms with Crippen molar-refractivity contribution in [3.63, 3.8) is 0 Å². The molecule has 3 nitrogen and oxygen atoms in total. The number of hydrogen-bond acceptors (Lipinski definition) is 2. The third kappa shape index (κ3) is 7.81. The topological polar surface area (TPSA) is 46.2 Å². The van der Waals surface area contributed by atoms with Crippen LogP contribution in [0.25, 0.3) is 5.83 Å². The van der Waals surface area contributed by atoms with Crippen LogP contribution in [0.2, 0.25) is 5.02 Å². The van der Waals surface area contributed by atoms with E-state index in [0.29, 0.717) is 12.1 Å². The highest BCUT2D eigenvalue weighted by Gasteiger charge is 2.52. The zero-order valence-electron chi connectivity index (χ0n) is 21.3. The molecule has 1 unspecified atom stereocenters. The monoisotopic (exact) mass is 617 g/mol. The van der Waals surface area contributed by atoms with Gasteiger partial charge in [-0.3, -0.25) is 9.59 Å². The molecule has 3 rings (SSSR count). The second-order valence-electron chi connectivity index (χ2n) is 9.94. The van der Waals surface area contributed by atoms with E-state index in [-0.39, 0.29) is 41.1 Å². The van der Waals surface area contributed by atoms with Gasteiger partial charge in [0.1, 0.15) is 18.3 Å². The first-order chi connectivity index (χ1) is 18.6. The molecule has 1 aliphatic carbocycles. The predicted octanol–water partition coefficient (Wildman–Crippen LogP) is 8.66. The molecule has 41 heavy (non-hydrogen) atoms. The van der Waals surface area contributed by atoms with Gasteiger partial charge >= 0.3 is 18.5 Å². The van der Waals surface area contributed by atoms with Gasteiger partial charge in [-0.15, -0.1) is 0 Å². The first kappa shape index (κ1) is 32.4. The van der Waals surface area contributed by atoms with Crippen LogP contribution in [0.15, 0.2) is 36.4 Å². The summed E-state index contributed by atoms with van der Waals surface area (Å²) >= 11 is 5.99. The molecule has 0 radical (unpaired) electrons. The van der Waals surface area contributed by atoms with E-state index in [1.807, 2.05) is 0 Å². The van der Waals surface area contributed by atoms with Gasteiger partial charge in [0.25, 0.3) is 0 Å². The number of benzene rings is 2. The number of amides is 1. The summed E-state index contributed by atoms with van der Waals surface area (Å²) in [7, 11) is 0. The molecule has 1 saturated carbocycles. The summed E-state index contributed by atoms with van der Waals surface area (Å²) in [5.74, 6) is -6.58. The van der Waals surface area contributed by atoms with Crippen molar-refractivity contribution in [1.82, 2.24) is 5.32 Å². The fourth-order valence-corrected chi connectivity index (χ4v) is 4.47. The van der Waals surface area contributed by atoms with Gasteiger partial charge in [-0.2, -0.15) is 39.5 Å². The van der Waals surface area contributed by atoms with E-state index < -0.39 is 82.6 Å². The number of rotatable bonds is 8. The molecule has 0 aromatic heterocycles. The maximum Gasteiger partial charge on any atom is 0.417 e. The van der Waals surface area contributed by atoms with Crippen molar-refractivity contribution < 1.29 is 53.5 Å². The van der Waals surface area contributed by atoms with Gasteiger partial charge in [-0.05, 0) is 55.5 Å². The van der Waals surface area contributed by atoms with Gasteiger partial charge in [-0.25, -0.2) is 4.39 Å². The third-order valence-electron chi connectivity index (χ3n) is 6.67. The summed E-state index contributed by atoms with van der Waals surface area (Å²) in [5.41, 5.74) is -5.04. The molecule has 1 aliphatic rings. The predicted molar refractivity (Wildman–Crippen MR) is 130 cm³/mol. The number of carbonyl (C=O) groups is 2. The number of alkyl halides is 9. The highest BCUT2D eigenvalue weighted by Crippen LogP contribution is 2.50. The fourth-order valence-electron chi connectivity index (χ4n) is 4.36. The van der Waals surface area contributed by atoms with Crippen LogP contribution in [-0.4, -0.2) is 30.6 Å². The van der Waals surface area contributed by atoms with E-state index in [1.54, 1.807) is 5.32 Å². The average Bonchev–Trinajstić information content (AvgIpc) is 3.62. The second kappa shape index (κ2) is 11.3. The van der Waals surface area contributed by atoms with Gasteiger partial charge in [0.2, 0.25) is 5.91 Å². The molecule has 2 aromatic rings. The molecule has 224 valence electrons. The largest absolute Gasteiger partial charge is 0.417 e. The molecule has 1 amide bonds. The molecule has 14 heteroatoms. The smallest absolute Gasteiger partial charge is 0.346 e.